The van der Waals surface area contributed by atoms with Crippen LogP contribution in [0.15, 0.2) is 30.4 Å². The van der Waals surface area contributed by atoms with E-state index in [1.54, 1.807) is 0 Å². The van der Waals surface area contributed by atoms with Gasteiger partial charge in [0.1, 0.15) is 5.75 Å². The van der Waals surface area contributed by atoms with Gasteiger partial charge >= 0.3 is 5.97 Å². The minimum Gasteiger partial charge on any atom is -0.495 e. The van der Waals surface area contributed by atoms with Crippen molar-refractivity contribution in [3.63, 3.8) is 0 Å². The first kappa shape index (κ1) is 11.8. The Balaban J connectivity index is 2.48. The van der Waals surface area contributed by atoms with Gasteiger partial charge < -0.3 is 9.84 Å². The van der Waals surface area contributed by atoms with E-state index in [-0.39, 0.29) is 17.0 Å². The zero-order chi connectivity index (χ0) is 13.3. The van der Waals surface area contributed by atoms with Crippen molar-refractivity contribution in [2.75, 3.05) is 12.0 Å². The summed E-state index contributed by atoms with van der Waals surface area (Å²) in [5.41, 5.74) is 0.241. The zero-order valence-electron chi connectivity index (χ0n) is 9.41. The SMILES string of the molecule is COc1cc(C(=O)O)ccc1N1C(=O)C=CC1=O. The number of hydrogen-bond acceptors (Lipinski definition) is 4. The van der Waals surface area contributed by atoms with Crippen molar-refractivity contribution < 1.29 is 24.2 Å². The summed E-state index contributed by atoms with van der Waals surface area (Å²) in [7, 11) is 1.34. The van der Waals surface area contributed by atoms with E-state index >= 15 is 0 Å². The average Bonchev–Trinajstić information content (AvgIpc) is 2.68. The molecule has 1 N–H and O–H groups in total. The molecule has 92 valence electrons. The number of imide groups is 1. The zero-order valence-corrected chi connectivity index (χ0v) is 9.41. The Morgan fingerprint density at radius 3 is 2.33 bits per heavy atom. The van der Waals surface area contributed by atoms with Gasteiger partial charge in [0, 0.05) is 12.2 Å². The van der Waals surface area contributed by atoms with Gasteiger partial charge in [-0.1, -0.05) is 0 Å². The lowest BCUT2D eigenvalue weighted by atomic mass is 10.1. The monoisotopic (exact) mass is 247 g/mol. The van der Waals surface area contributed by atoms with Crippen molar-refractivity contribution in [3.05, 3.63) is 35.9 Å². The molecule has 18 heavy (non-hydrogen) atoms. The molecule has 0 saturated heterocycles. The number of benzene rings is 1. The molecule has 2 rings (SSSR count). The second-order valence-electron chi connectivity index (χ2n) is 3.54. The van der Waals surface area contributed by atoms with Crippen LogP contribution in [0.2, 0.25) is 0 Å². The minimum absolute atomic E-state index is 0.0163. The highest BCUT2D eigenvalue weighted by atomic mass is 16.5. The first-order valence-electron chi connectivity index (χ1n) is 5.02. The third-order valence-corrected chi connectivity index (χ3v) is 2.48. The molecule has 1 heterocycles. The molecule has 0 atom stereocenters. The third-order valence-electron chi connectivity index (χ3n) is 2.48. The van der Waals surface area contributed by atoms with Crippen LogP contribution in [0.4, 0.5) is 5.69 Å². The fourth-order valence-electron chi connectivity index (χ4n) is 1.63. The number of aromatic carboxylic acids is 1. The minimum atomic E-state index is -1.11. The second kappa shape index (κ2) is 4.33. The molecule has 0 spiro atoms. The van der Waals surface area contributed by atoms with Crippen LogP contribution in [0.3, 0.4) is 0 Å². The number of carbonyl (C=O) groups excluding carboxylic acids is 2. The Bertz CT molecular complexity index is 558. The highest BCUT2D eigenvalue weighted by Gasteiger charge is 2.28. The average molecular weight is 247 g/mol. The Kier molecular flexibility index (Phi) is 2.85. The predicted octanol–water partition coefficient (Wildman–Crippen LogP) is 0.823. The molecule has 0 aromatic heterocycles. The molecule has 6 nitrogen and oxygen atoms in total. The van der Waals surface area contributed by atoms with E-state index in [2.05, 4.69) is 0 Å². The van der Waals surface area contributed by atoms with Crippen molar-refractivity contribution in [1.82, 2.24) is 0 Å². The lowest BCUT2D eigenvalue weighted by Gasteiger charge is -2.17. The normalized spacial score (nSPS) is 14.2. The Morgan fingerprint density at radius 2 is 1.83 bits per heavy atom. The van der Waals surface area contributed by atoms with Crippen LogP contribution in [0.25, 0.3) is 0 Å². The van der Waals surface area contributed by atoms with Gasteiger partial charge in [0.05, 0.1) is 18.4 Å². The summed E-state index contributed by atoms with van der Waals surface area (Å²) >= 11 is 0. The number of carboxylic acid groups (broad SMARTS) is 1. The number of methoxy groups -OCH3 is 1. The van der Waals surface area contributed by atoms with E-state index in [0.717, 1.165) is 17.1 Å². The van der Waals surface area contributed by atoms with Crippen molar-refractivity contribution in [2.45, 2.75) is 0 Å². The molecule has 1 aromatic carbocycles. The summed E-state index contributed by atoms with van der Waals surface area (Å²) in [5, 5.41) is 8.85. The fraction of sp³-hybridized carbons (Fsp3) is 0.0833. The van der Waals surface area contributed by atoms with Crippen LogP contribution in [-0.4, -0.2) is 30.0 Å². The van der Waals surface area contributed by atoms with Gasteiger partial charge in [-0.15, -0.1) is 0 Å². The van der Waals surface area contributed by atoms with Gasteiger partial charge in [-0.05, 0) is 18.2 Å². The molecule has 0 aliphatic carbocycles. The van der Waals surface area contributed by atoms with Crippen LogP contribution >= 0.6 is 0 Å². The van der Waals surface area contributed by atoms with Gasteiger partial charge in [0.15, 0.2) is 0 Å². The fourth-order valence-corrected chi connectivity index (χ4v) is 1.63. The molecule has 0 radical (unpaired) electrons. The largest absolute Gasteiger partial charge is 0.495 e. The maximum atomic E-state index is 11.5. The Morgan fingerprint density at radius 1 is 1.22 bits per heavy atom. The number of carboxylic acids is 1. The molecule has 0 unspecified atom stereocenters. The highest BCUT2D eigenvalue weighted by molar-refractivity contribution is 6.28. The molecule has 1 aliphatic heterocycles. The molecular formula is C12H9NO5. The number of ether oxygens (including phenoxy) is 1. The maximum absolute atomic E-state index is 11.5. The summed E-state index contributed by atoms with van der Waals surface area (Å²) in [6, 6.07) is 3.93. The van der Waals surface area contributed by atoms with E-state index in [1.165, 1.54) is 25.3 Å². The van der Waals surface area contributed by atoms with Gasteiger partial charge in [-0.25, -0.2) is 9.69 Å². The number of carbonyl (C=O) groups is 3. The van der Waals surface area contributed by atoms with Gasteiger partial charge in [0.2, 0.25) is 0 Å². The first-order valence-corrected chi connectivity index (χ1v) is 5.02. The topological polar surface area (TPSA) is 83.9 Å². The van der Waals surface area contributed by atoms with Crippen molar-refractivity contribution in [1.29, 1.82) is 0 Å². The van der Waals surface area contributed by atoms with Gasteiger partial charge in [-0.2, -0.15) is 0 Å². The van der Waals surface area contributed by atoms with Crippen LogP contribution in [0, 0.1) is 0 Å². The van der Waals surface area contributed by atoms with E-state index in [1.807, 2.05) is 0 Å². The summed E-state index contributed by atoms with van der Waals surface area (Å²) in [4.78, 5) is 34.8. The van der Waals surface area contributed by atoms with Crippen LogP contribution in [0.1, 0.15) is 10.4 Å². The smallest absolute Gasteiger partial charge is 0.335 e. The highest BCUT2D eigenvalue weighted by Crippen LogP contribution is 2.31. The third kappa shape index (κ3) is 1.84. The number of anilines is 1. The summed E-state index contributed by atoms with van der Waals surface area (Å²) < 4.78 is 5.01. The van der Waals surface area contributed by atoms with Crippen molar-refractivity contribution in [2.24, 2.45) is 0 Å². The lowest BCUT2D eigenvalue weighted by molar-refractivity contribution is -0.120. The number of rotatable bonds is 3. The van der Waals surface area contributed by atoms with E-state index in [0.29, 0.717) is 0 Å². The summed E-state index contributed by atoms with van der Waals surface area (Å²) in [6.07, 6.45) is 2.29. The molecular weight excluding hydrogens is 238 g/mol. The van der Waals surface area contributed by atoms with E-state index < -0.39 is 17.8 Å². The van der Waals surface area contributed by atoms with Crippen LogP contribution in [-0.2, 0) is 9.59 Å². The molecule has 1 aromatic rings. The Hall–Kier alpha value is -2.63. The summed E-state index contributed by atoms with van der Waals surface area (Å²) in [5.74, 6) is -1.93. The first-order chi connectivity index (χ1) is 8.54. The van der Waals surface area contributed by atoms with Crippen LogP contribution < -0.4 is 9.64 Å². The number of nitrogens with zero attached hydrogens (tertiary/aromatic N) is 1. The standard InChI is InChI=1S/C12H9NO5/c1-18-9-6-7(12(16)17)2-3-8(9)13-10(14)4-5-11(13)15/h2-6H,1H3,(H,16,17). The molecule has 0 fully saturated rings. The van der Waals surface area contributed by atoms with Gasteiger partial charge in [0.25, 0.3) is 11.8 Å². The molecule has 2 amide bonds. The Labute approximate surface area is 102 Å². The number of hydrogen-bond donors (Lipinski definition) is 1. The second-order valence-corrected chi connectivity index (χ2v) is 3.54. The molecule has 0 saturated carbocycles. The molecule has 1 aliphatic rings. The maximum Gasteiger partial charge on any atom is 0.335 e. The van der Waals surface area contributed by atoms with E-state index in [4.69, 9.17) is 9.84 Å². The van der Waals surface area contributed by atoms with Crippen molar-refractivity contribution >= 4 is 23.5 Å². The number of amides is 2. The van der Waals surface area contributed by atoms with Crippen LogP contribution in [0.5, 0.6) is 5.75 Å². The molecule has 0 bridgehead atoms. The van der Waals surface area contributed by atoms with Gasteiger partial charge in [-0.3, -0.25) is 9.59 Å². The lowest BCUT2D eigenvalue weighted by Crippen LogP contribution is -2.30. The summed E-state index contributed by atoms with van der Waals surface area (Å²) in [6.45, 7) is 0. The quantitative estimate of drug-likeness (QED) is 0.799. The van der Waals surface area contributed by atoms with Crippen molar-refractivity contribution in [3.8, 4) is 5.75 Å². The van der Waals surface area contributed by atoms with E-state index in [9.17, 15) is 14.4 Å². The molecule has 6 heteroatoms. The predicted molar refractivity (Wildman–Crippen MR) is 61.6 cm³/mol.